The molecule has 1 heterocycles. The number of aliphatic hydroxyl groups excluding tert-OH is 1. The van der Waals surface area contributed by atoms with E-state index < -0.39 is 6.10 Å². The summed E-state index contributed by atoms with van der Waals surface area (Å²) >= 11 is 3.43. The van der Waals surface area contributed by atoms with E-state index in [4.69, 9.17) is 0 Å². The first-order chi connectivity index (χ1) is 7.56. The van der Waals surface area contributed by atoms with Crippen LogP contribution in [0.5, 0.6) is 0 Å². The van der Waals surface area contributed by atoms with Crippen LogP contribution >= 0.6 is 15.9 Å². The molecule has 4 heteroatoms. The zero-order chi connectivity index (χ0) is 11.7. The maximum atomic E-state index is 10.2. The molecule has 0 fully saturated rings. The third kappa shape index (κ3) is 2.33. The molecule has 3 nitrogen and oxygen atoms in total. The summed E-state index contributed by atoms with van der Waals surface area (Å²) in [6.45, 7) is 2.00. The number of nitrogens with zero attached hydrogens (tertiary/aromatic N) is 2. The van der Waals surface area contributed by atoms with Gasteiger partial charge in [0.05, 0.1) is 6.20 Å². The van der Waals surface area contributed by atoms with Gasteiger partial charge in [-0.3, -0.25) is 4.68 Å². The fourth-order valence-corrected chi connectivity index (χ4v) is 2.32. The molecule has 0 bridgehead atoms. The number of aliphatic hydroxyl groups is 1. The number of aryl methyl sites for hydroxylation is 2. The number of hydrogen-bond donors (Lipinski definition) is 1. The highest BCUT2D eigenvalue weighted by Crippen LogP contribution is 2.25. The molecule has 1 N–H and O–H groups in total. The third-order valence-corrected chi connectivity index (χ3v) is 2.88. The Morgan fingerprint density at radius 3 is 2.62 bits per heavy atom. The minimum atomic E-state index is -0.620. The van der Waals surface area contributed by atoms with E-state index in [1.807, 2.05) is 38.4 Å². The molecular weight excluding hydrogens is 268 g/mol. The summed E-state index contributed by atoms with van der Waals surface area (Å²) in [5.41, 5.74) is 2.80. The minimum absolute atomic E-state index is 0.620. The third-order valence-electron chi connectivity index (χ3n) is 2.42. The topological polar surface area (TPSA) is 38.1 Å². The highest BCUT2D eigenvalue weighted by atomic mass is 79.9. The molecule has 0 saturated heterocycles. The second-order valence-electron chi connectivity index (χ2n) is 3.91. The van der Waals surface area contributed by atoms with Crippen LogP contribution < -0.4 is 0 Å². The Morgan fingerprint density at radius 2 is 2.06 bits per heavy atom. The van der Waals surface area contributed by atoms with Crippen LogP contribution in [-0.4, -0.2) is 14.9 Å². The van der Waals surface area contributed by atoms with Crippen LogP contribution in [0.4, 0.5) is 0 Å². The normalized spacial score (nSPS) is 12.8. The van der Waals surface area contributed by atoms with Gasteiger partial charge >= 0.3 is 0 Å². The molecule has 0 spiro atoms. The van der Waals surface area contributed by atoms with Gasteiger partial charge in [0.25, 0.3) is 0 Å². The molecule has 2 rings (SSSR count). The van der Waals surface area contributed by atoms with Crippen LogP contribution in [0.3, 0.4) is 0 Å². The van der Waals surface area contributed by atoms with Gasteiger partial charge in [0, 0.05) is 23.3 Å². The number of rotatable bonds is 2. The lowest BCUT2D eigenvalue weighted by atomic mass is 10.0. The predicted octanol–water partition coefficient (Wildman–Crippen LogP) is 2.57. The van der Waals surface area contributed by atoms with Crippen LogP contribution in [0.2, 0.25) is 0 Å². The van der Waals surface area contributed by atoms with Gasteiger partial charge in [-0.05, 0) is 30.2 Å². The summed E-state index contributed by atoms with van der Waals surface area (Å²) in [5, 5.41) is 14.2. The van der Waals surface area contributed by atoms with E-state index in [1.165, 1.54) is 0 Å². The summed E-state index contributed by atoms with van der Waals surface area (Å²) in [5.74, 6) is 0. The van der Waals surface area contributed by atoms with E-state index in [0.29, 0.717) is 0 Å². The molecule has 84 valence electrons. The van der Waals surface area contributed by atoms with Crippen molar-refractivity contribution < 1.29 is 5.11 Å². The average molecular weight is 281 g/mol. The zero-order valence-corrected chi connectivity index (χ0v) is 10.8. The number of benzene rings is 1. The Kier molecular flexibility index (Phi) is 3.12. The van der Waals surface area contributed by atoms with Crippen molar-refractivity contribution in [3.05, 3.63) is 51.8 Å². The molecule has 2 aromatic rings. The Labute approximate surface area is 103 Å². The maximum Gasteiger partial charge on any atom is 0.107 e. The summed E-state index contributed by atoms with van der Waals surface area (Å²) in [7, 11) is 1.84. The van der Waals surface area contributed by atoms with Crippen molar-refractivity contribution in [3.63, 3.8) is 0 Å². The fraction of sp³-hybridized carbons (Fsp3) is 0.250. The van der Waals surface area contributed by atoms with Crippen LogP contribution in [0.1, 0.15) is 22.8 Å². The lowest BCUT2D eigenvalue weighted by molar-refractivity contribution is 0.220. The van der Waals surface area contributed by atoms with Crippen molar-refractivity contribution in [3.8, 4) is 0 Å². The molecule has 0 amide bonds. The van der Waals surface area contributed by atoms with E-state index in [0.717, 1.165) is 21.2 Å². The molecule has 0 saturated carbocycles. The van der Waals surface area contributed by atoms with E-state index >= 15 is 0 Å². The van der Waals surface area contributed by atoms with Crippen molar-refractivity contribution in [2.24, 2.45) is 7.05 Å². The molecule has 1 aromatic carbocycles. The van der Waals surface area contributed by atoms with Crippen molar-refractivity contribution >= 4 is 15.9 Å². The molecular formula is C12H13BrN2O. The van der Waals surface area contributed by atoms with Crippen LogP contribution in [0, 0.1) is 6.92 Å². The Bertz CT molecular complexity index is 487. The van der Waals surface area contributed by atoms with Gasteiger partial charge in [-0.1, -0.05) is 22.0 Å². The van der Waals surface area contributed by atoms with Gasteiger partial charge in [-0.15, -0.1) is 0 Å². The number of aromatic nitrogens is 2. The van der Waals surface area contributed by atoms with Crippen molar-refractivity contribution in [1.29, 1.82) is 0 Å². The molecule has 1 unspecified atom stereocenters. The molecule has 1 atom stereocenters. The van der Waals surface area contributed by atoms with Crippen LogP contribution in [-0.2, 0) is 7.05 Å². The first-order valence-electron chi connectivity index (χ1n) is 5.00. The first-order valence-corrected chi connectivity index (χ1v) is 5.79. The van der Waals surface area contributed by atoms with Crippen molar-refractivity contribution in [2.45, 2.75) is 13.0 Å². The van der Waals surface area contributed by atoms with Gasteiger partial charge in [0.15, 0.2) is 0 Å². The van der Waals surface area contributed by atoms with Crippen molar-refractivity contribution in [2.75, 3.05) is 0 Å². The molecule has 1 aromatic heterocycles. The van der Waals surface area contributed by atoms with Gasteiger partial charge in [-0.2, -0.15) is 5.10 Å². The van der Waals surface area contributed by atoms with E-state index in [1.54, 1.807) is 10.9 Å². The standard InChI is InChI=1S/C12H13BrN2O/c1-8-3-9(5-11(13)4-8)12(16)10-6-14-15(2)7-10/h3-7,12,16H,1-2H3. The average Bonchev–Trinajstić information content (AvgIpc) is 2.62. The Balaban J connectivity index is 2.37. The highest BCUT2D eigenvalue weighted by molar-refractivity contribution is 9.10. The predicted molar refractivity (Wildman–Crippen MR) is 66.1 cm³/mol. The van der Waals surface area contributed by atoms with Gasteiger partial charge in [-0.25, -0.2) is 0 Å². The zero-order valence-electron chi connectivity index (χ0n) is 9.18. The molecule has 16 heavy (non-hydrogen) atoms. The lowest BCUT2D eigenvalue weighted by Crippen LogP contribution is -1.99. The fourth-order valence-electron chi connectivity index (χ4n) is 1.70. The Morgan fingerprint density at radius 1 is 1.31 bits per heavy atom. The van der Waals surface area contributed by atoms with E-state index in [2.05, 4.69) is 21.0 Å². The number of hydrogen-bond acceptors (Lipinski definition) is 2. The highest BCUT2D eigenvalue weighted by Gasteiger charge is 2.12. The maximum absolute atomic E-state index is 10.2. The monoisotopic (exact) mass is 280 g/mol. The lowest BCUT2D eigenvalue weighted by Gasteiger charge is -2.10. The molecule has 0 aliphatic heterocycles. The SMILES string of the molecule is Cc1cc(Br)cc(C(O)c2cnn(C)c2)c1. The first kappa shape index (κ1) is 11.4. The second-order valence-corrected chi connectivity index (χ2v) is 4.83. The quantitative estimate of drug-likeness (QED) is 0.918. The minimum Gasteiger partial charge on any atom is -0.384 e. The van der Waals surface area contributed by atoms with Gasteiger partial charge in [0.1, 0.15) is 6.10 Å². The Hall–Kier alpha value is -1.13. The summed E-state index contributed by atoms with van der Waals surface area (Å²) < 4.78 is 2.66. The smallest absolute Gasteiger partial charge is 0.107 e. The van der Waals surface area contributed by atoms with E-state index in [9.17, 15) is 5.11 Å². The largest absolute Gasteiger partial charge is 0.384 e. The molecule has 0 radical (unpaired) electrons. The summed E-state index contributed by atoms with van der Waals surface area (Å²) in [6, 6.07) is 5.91. The second kappa shape index (κ2) is 4.39. The number of halogens is 1. The van der Waals surface area contributed by atoms with Gasteiger partial charge in [0.2, 0.25) is 0 Å². The van der Waals surface area contributed by atoms with E-state index in [-0.39, 0.29) is 0 Å². The van der Waals surface area contributed by atoms with Gasteiger partial charge < -0.3 is 5.11 Å². The summed E-state index contributed by atoms with van der Waals surface area (Å²) in [4.78, 5) is 0. The summed E-state index contributed by atoms with van der Waals surface area (Å²) in [6.07, 6.45) is 2.88. The molecule has 0 aliphatic carbocycles. The van der Waals surface area contributed by atoms with Crippen LogP contribution in [0.25, 0.3) is 0 Å². The molecule has 0 aliphatic rings. The van der Waals surface area contributed by atoms with Crippen molar-refractivity contribution in [1.82, 2.24) is 9.78 Å². The van der Waals surface area contributed by atoms with Crippen LogP contribution in [0.15, 0.2) is 35.1 Å².